The third-order valence-corrected chi connectivity index (χ3v) is 3.22. The highest BCUT2D eigenvalue weighted by Crippen LogP contribution is 2.22. The number of rotatable bonds is 4. The molecule has 5 nitrogen and oxygen atoms in total. The van der Waals surface area contributed by atoms with Crippen LogP contribution in [0.4, 0.5) is 5.69 Å². The van der Waals surface area contributed by atoms with Crippen molar-refractivity contribution in [2.24, 2.45) is 11.7 Å². The van der Waals surface area contributed by atoms with E-state index in [9.17, 15) is 9.59 Å². The van der Waals surface area contributed by atoms with Gasteiger partial charge < -0.3 is 16.0 Å². The molecule has 0 radical (unpaired) electrons. The zero-order valence-corrected chi connectivity index (χ0v) is 14.1. The lowest BCUT2D eigenvalue weighted by Gasteiger charge is -2.17. The van der Waals surface area contributed by atoms with Crippen LogP contribution < -0.4 is 11.1 Å². The largest absolute Gasteiger partial charge is 0.345 e. The minimum absolute atomic E-state index is 0. The summed E-state index contributed by atoms with van der Waals surface area (Å²) in [7, 11) is 3.27. The Labute approximate surface area is 136 Å². The van der Waals surface area contributed by atoms with Gasteiger partial charge in [-0.15, -0.1) is 12.4 Å². The van der Waals surface area contributed by atoms with E-state index in [1.165, 1.54) is 4.90 Å². The molecule has 0 spiro atoms. The van der Waals surface area contributed by atoms with Crippen molar-refractivity contribution in [3.8, 4) is 0 Å². The molecule has 3 N–H and O–H groups in total. The molecule has 0 fully saturated rings. The van der Waals surface area contributed by atoms with Crippen molar-refractivity contribution in [2.45, 2.75) is 19.9 Å². The number of anilines is 1. The number of nitrogens with one attached hydrogen (secondary N) is 1. The van der Waals surface area contributed by atoms with E-state index in [1.54, 1.807) is 32.3 Å². The van der Waals surface area contributed by atoms with Gasteiger partial charge in [0.05, 0.1) is 16.6 Å². The molecule has 1 aromatic carbocycles. The first kappa shape index (κ1) is 19.7. The van der Waals surface area contributed by atoms with Crippen molar-refractivity contribution in [3.63, 3.8) is 0 Å². The Balaban J connectivity index is 0.00000400. The van der Waals surface area contributed by atoms with Gasteiger partial charge in [0.15, 0.2) is 0 Å². The summed E-state index contributed by atoms with van der Waals surface area (Å²) < 4.78 is 0. The lowest BCUT2D eigenvalue weighted by atomic mass is 10.0. The molecule has 0 aliphatic rings. The molecule has 1 unspecified atom stereocenters. The molecule has 7 heteroatoms. The zero-order valence-electron chi connectivity index (χ0n) is 12.5. The van der Waals surface area contributed by atoms with E-state index in [-0.39, 0.29) is 30.1 Å². The smallest absolute Gasteiger partial charge is 0.254 e. The van der Waals surface area contributed by atoms with Gasteiger partial charge in [0.1, 0.15) is 0 Å². The first-order valence-corrected chi connectivity index (χ1v) is 6.69. The highest BCUT2D eigenvalue weighted by Gasteiger charge is 2.18. The molecule has 0 saturated carbocycles. The molecule has 0 saturated heterocycles. The summed E-state index contributed by atoms with van der Waals surface area (Å²) in [5, 5.41) is 3.03. The van der Waals surface area contributed by atoms with Crippen LogP contribution in [-0.4, -0.2) is 36.9 Å². The fraction of sp³-hybridized carbons (Fsp3) is 0.429. The normalized spacial score (nSPS) is 11.6. The maximum Gasteiger partial charge on any atom is 0.254 e. The van der Waals surface area contributed by atoms with E-state index in [0.29, 0.717) is 16.3 Å². The molecule has 1 rings (SSSR count). The first-order valence-electron chi connectivity index (χ1n) is 6.31. The number of halogens is 2. The van der Waals surface area contributed by atoms with Crippen molar-refractivity contribution in [3.05, 3.63) is 28.8 Å². The molecule has 1 atom stereocenters. The minimum Gasteiger partial charge on any atom is -0.345 e. The topological polar surface area (TPSA) is 75.4 Å². The number of nitrogens with two attached hydrogens (primary N) is 1. The summed E-state index contributed by atoms with van der Waals surface area (Å²) in [6, 6.07) is 4.17. The van der Waals surface area contributed by atoms with E-state index in [2.05, 4.69) is 5.32 Å². The molecule has 1 aromatic rings. The van der Waals surface area contributed by atoms with Crippen LogP contribution in [0, 0.1) is 5.92 Å². The molecule has 2 amide bonds. The first-order chi connectivity index (χ1) is 9.23. The van der Waals surface area contributed by atoms with Crippen LogP contribution in [0.2, 0.25) is 5.02 Å². The summed E-state index contributed by atoms with van der Waals surface area (Å²) in [4.78, 5) is 25.3. The third-order valence-electron chi connectivity index (χ3n) is 2.89. The van der Waals surface area contributed by atoms with Gasteiger partial charge >= 0.3 is 0 Å². The number of carbonyl (C=O) groups is 2. The molecule has 118 valence electrons. The van der Waals surface area contributed by atoms with Crippen LogP contribution in [0.15, 0.2) is 18.2 Å². The van der Waals surface area contributed by atoms with Crippen molar-refractivity contribution in [2.75, 3.05) is 19.4 Å². The predicted molar refractivity (Wildman–Crippen MR) is 88.2 cm³/mol. The summed E-state index contributed by atoms with van der Waals surface area (Å²) in [5.41, 5.74) is 6.61. The molecule has 0 aromatic heterocycles. The molecule has 0 aliphatic heterocycles. The van der Waals surface area contributed by atoms with Crippen LogP contribution in [0.1, 0.15) is 24.2 Å². The van der Waals surface area contributed by atoms with E-state index < -0.39 is 6.04 Å². The standard InChI is InChI=1S/C14H20ClN3O2.ClH/c1-8(2)12(16)13(19)17-9-5-6-11(15)10(7-9)14(20)18(3)4;/h5-8,12H,16H2,1-4H3,(H,17,19);1H. The predicted octanol–water partition coefficient (Wildman–Crippen LogP) is 2.39. The monoisotopic (exact) mass is 333 g/mol. The Hall–Kier alpha value is -1.30. The molecule has 0 bridgehead atoms. The van der Waals surface area contributed by atoms with E-state index in [0.717, 1.165) is 0 Å². The van der Waals surface area contributed by atoms with Crippen LogP contribution in [0.3, 0.4) is 0 Å². The summed E-state index contributed by atoms with van der Waals surface area (Å²) in [5.74, 6) is -0.477. The zero-order chi connectivity index (χ0) is 15.4. The Morgan fingerprint density at radius 3 is 2.33 bits per heavy atom. The fourth-order valence-electron chi connectivity index (χ4n) is 1.54. The maximum atomic E-state index is 11.9. The number of carbonyl (C=O) groups excluding carboxylic acids is 2. The Morgan fingerprint density at radius 1 is 1.29 bits per heavy atom. The second-order valence-electron chi connectivity index (χ2n) is 5.15. The average molecular weight is 334 g/mol. The summed E-state index contributed by atoms with van der Waals surface area (Å²) in [6.07, 6.45) is 0. The highest BCUT2D eigenvalue weighted by atomic mass is 35.5. The Morgan fingerprint density at radius 2 is 1.86 bits per heavy atom. The van der Waals surface area contributed by atoms with Gasteiger partial charge in [-0.2, -0.15) is 0 Å². The second kappa shape index (κ2) is 8.22. The molecule has 21 heavy (non-hydrogen) atoms. The van der Waals surface area contributed by atoms with Crippen LogP contribution in [0.25, 0.3) is 0 Å². The number of benzene rings is 1. The van der Waals surface area contributed by atoms with Crippen molar-refractivity contribution < 1.29 is 9.59 Å². The summed E-state index contributed by atoms with van der Waals surface area (Å²) >= 11 is 6.00. The van der Waals surface area contributed by atoms with Crippen molar-refractivity contribution in [1.82, 2.24) is 4.90 Å². The van der Waals surface area contributed by atoms with Gasteiger partial charge in [0.25, 0.3) is 5.91 Å². The summed E-state index contributed by atoms with van der Waals surface area (Å²) in [6.45, 7) is 3.74. The van der Waals surface area contributed by atoms with Crippen LogP contribution in [0.5, 0.6) is 0 Å². The average Bonchev–Trinajstić information content (AvgIpc) is 2.38. The maximum absolute atomic E-state index is 11.9. The third kappa shape index (κ3) is 5.19. The van der Waals surface area contributed by atoms with E-state index >= 15 is 0 Å². The number of nitrogens with zero attached hydrogens (tertiary/aromatic N) is 1. The van der Waals surface area contributed by atoms with E-state index in [4.69, 9.17) is 17.3 Å². The number of hydrogen-bond donors (Lipinski definition) is 2. The molecule has 0 aliphatic carbocycles. The second-order valence-corrected chi connectivity index (χ2v) is 5.56. The van der Waals surface area contributed by atoms with Gasteiger partial charge in [-0.3, -0.25) is 9.59 Å². The molecular formula is C14H21Cl2N3O2. The quantitative estimate of drug-likeness (QED) is 0.888. The van der Waals surface area contributed by atoms with Crippen molar-refractivity contribution >= 4 is 41.5 Å². The van der Waals surface area contributed by atoms with Crippen LogP contribution in [-0.2, 0) is 4.79 Å². The number of amides is 2. The minimum atomic E-state index is -0.598. The molecular weight excluding hydrogens is 313 g/mol. The Kier molecular flexibility index (Phi) is 7.71. The fourth-order valence-corrected chi connectivity index (χ4v) is 1.73. The number of hydrogen-bond acceptors (Lipinski definition) is 3. The highest BCUT2D eigenvalue weighted by molar-refractivity contribution is 6.34. The SMILES string of the molecule is CC(C)C(N)C(=O)Nc1ccc(Cl)c(C(=O)N(C)C)c1.Cl. The van der Waals surface area contributed by atoms with E-state index in [1.807, 2.05) is 13.8 Å². The van der Waals surface area contributed by atoms with Gasteiger partial charge in [0.2, 0.25) is 5.91 Å². The lowest BCUT2D eigenvalue weighted by Crippen LogP contribution is -2.39. The Bertz CT molecular complexity index is 519. The van der Waals surface area contributed by atoms with Crippen LogP contribution >= 0.6 is 24.0 Å². The van der Waals surface area contributed by atoms with Gasteiger partial charge in [-0.25, -0.2) is 0 Å². The van der Waals surface area contributed by atoms with Gasteiger partial charge in [-0.1, -0.05) is 25.4 Å². The molecule has 0 heterocycles. The van der Waals surface area contributed by atoms with Gasteiger partial charge in [0, 0.05) is 19.8 Å². The lowest BCUT2D eigenvalue weighted by molar-refractivity contribution is -0.118. The van der Waals surface area contributed by atoms with Crippen molar-refractivity contribution in [1.29, 1.82) is 0 Å². The van der Waals surface area contributed by atoms with Gasteiger partial charge in [-0.05, 0) is 24.1 Å².